The van der Waals surface area contributed by atoms with Gasteiger partial charge in [-0.2, -0.15) is 0 Å². The fraction of sp³-hybridized carbons (Fsp3) is 0.500. The fourth-order valence-corrected chi connectivity index (χ4v) is 9.85. The van der Waals surface area contributed by atoms with Gasteiger partial charge in [0.05, 0.1) is 22.8 Å². The molecular formula is C56H76N10O18S2. The Kier molecular flexibility index (Phi) is 27.9. The van der Waals surface area contributed by atoms with Gasteiger partial charge in [0.15, 0.2) is 0 Å². The van der Waals surface area contributed by atoms with Gasteiger partial charge in [-0.1, -0.05) is 79.7 Å². The van der Waals surface area contributed by atoms with Crippen LogP contribution >= 0.6 is 22.7 Å². The molecule has 14 N–H and O–H groups in total. The maximum atomic E-state index is 13.4. The highest BCUT2D eigenvalue weighted by molar-refractivity contribution is 7.17. The van der Waals surface area contributed by atoms with Crippen LogP contribution in [0, 0.1) is 23.7 Å². The van der Waals surface area contributed by atoms with Crippen LogP contribution in [0.3, 0.4) is 0 Å². The van der Waals surface area contributed by atoms with Gasteiger partial charge in [-0.3, -0.25) is 57.5 Å². The molecule has 0 saturated heterocycles. The molecule has 0 unspecified atom stereocenters. The first kappa shape index (κ1) is 71.5. The van der Waals surface area contributed by atoms with Gasteiger partial charge < -0.3 is 73.6 Å². The lowest BCUT2D eigenvalue weighted by Crippen LogP contribution is -2.59. The number of benzene rings is 1. The second kappa shape index (κ2) is 33.6. The zero-order valence-electron chi connectivity index (χ0n) is 49.1. The number of carbonyl (C=O) groups is 14. The van der Waals surface area contributed by atoms with Gasteiger partial charge in [0.1, 0.15) is 48.3 Å². The number of carbonyl (C=O) groups excluding carboxylic acids is 10. The smallest absolute Gasteiger partial charge is 0.326 e. The van der Waals surface area contributed by atoms with Crippen molar-refractivity contribution in [3.8, 4) is 20.9 Å². The Bertz CT molecular complexity index is 2780. The monoisotopic (exact) mass is 1240 g/mol. The number of nitrogens with one attached hydrogen (secondary N) is 10. The molecule has 0 bridgehead atoms. The third-order valence-corrected chi connectivity index (χ3v) is 15.3. The number of hydrogen-bond acceptors (Lipinski definition) is 16. The summed E-state index contributed by atoms with van der Waals surface area (Å²) in [5.41, 5.74) is 1.49. The maximum Gasteiger partial charge on any atom is 0.326 e. The lowest BCUT2D eigenvalue weighted by atomic mass is 10.0. The normalized spacial score (nSPS) is 13.9. The second-order valence-corrected chi connectivity index (χ2v) is 23.6. The predicted molar refractivity (Wildman–Crippen MR) is 313 cm³/mol. The average Bonchev–Trinajstić information content (AvgIpc) is 3.51. The van der Waals surface area contributed by atoms with Crippen molar-refractivity contribution in [2.45, 2.75) is 143 Å². The van der Waals surface area contributed by atoms with Crippen LogP contribution in [0.1, 0.15) is 114 Å². The zero-order chi connectivity index (χ0) is 64.9. The Balaban J connectivity index is 1.52. The van der Waals surface area contributed by atoms with Crippen LogP contribution in [0.5, 0.6) is 0 Å². The molecule has 0 aliphatic rings. The molecule has 3 rings (SSSR count). The van der Waals surface area contributed by atoms with E-state index in [0.717, 1.165) is 33.8 Å². The molecule has 0 radical (unpaired) electrons. The van der Waals surface area contributed by atoms with Crippen LogP contribution in [-0.4, -0.2) is 165 Å². The van der Waals surface area contributed by atoms with E-state index in [0.29, 0.717) is 9.75 Å². The summed E-state index contributed by atoms with van der Waals surface area (Å²) in [7, 11) is 0. The van der Waals surface area contributed by atoms with Gasteiger partial charge in [-0.25, -0.2) is 9.59 Å². The van der Waals surface area contributed by atoms with Crippen LogP contribution in [0.15, 0.2) is 48.5 Å². The van der Waals surface area contributed by atoms with Crippen molar-refractivity contribution in [1.82, 2.24) is 53.2 Å². The summed E-state index contributed by atoms with van der Waals surface area (Å²) in [5.74, 6) is -15.3. The summed E-state index contributed by atoms with van der Waals surface area (Å²) in [6.07, 6.45) is -1.84. The van der Waals surface area contributed by atoms with E-state index in [-0.39, 0.29) is 22.6 Å². The van der Waals surface area contributed by atoms with E-state index in [1.54, 1.807) is 104 Å². The molecule has 0 saturated carbocycles. The van der Waals surface area contributed by atoms with Crippen molar-refractivity contribution in [2.24, 2.45) is 23.7 Å². The molecule has 30 heteroatoms. The lowest BCUT2D eigenvalue weighted by Gasteiger charge is -2.27. The van der Waals surface area contributed by atoms with Gasteiger partial charge in [0.2, 0.25) is 47.3 Å². The fourth-order valence-electron chi connectivity index (χ4n) is 8.00. The van der Waals surface area contributed by atoms with Gasteiger partial charge in [0.25, 0.3) is 11.8 Å². The Morgan fingerprint density at radius 2 is 0.674 bits per heavy atom. The molecular weight excluding hydrogens is 1160 g/mol. The number of aliphatic carboxylic acids is 4. The maximum absolute atomic E-state index is 13.4. The largest absolute Gasteiger partial charge is 0.481 e. The molecule has 2 aromatic heterocycles. The van der Waals surface area contributed by atoms with Crippen molar-refractivity contribution in [3.63, 3.8) is 0 Å². The van der Waals surface area contributed by atoms with Crippen LogP contribution in [-0.2, 0) is 57.5 Å². The second-order valence-electron chi connectivity index (χ2n) is 21.4. The van der Waals surface area contributed by atoms with E-state index in [1.165, 1.54) is 13.8 Å². The minimum absolute atomic E-state index is 0.263. The van der Waals surface area contributed by atoms with Crippen LogP contribution in [0.2, 0.25) is 0 Å². The predicted octanol–water partition coefficient (Wildman–Crippen LogP) is 1.04. The van der Waals surface area contributed by atoms with Crippen molar-refractivity contribution in [1.29, 1.82) is 0 Å². The average molecular weight is 1240 g/mol. The zero-order valence-corrected chi connectivity index (χ0v) is 50.7. The molecule has 0 spiro atoms. The molecule has 0 aliphatic carbocycles. The quantitative estimate of drug-likeness (QED) is 0.0397. The molecule has 2 heterocycles. The summed E-state index contributed by atoms with van der Waals surface area (Å²) >= 11 is 2.28. The van der Waals surface area contributed by atoms with Crippen molar-refractivity contribution in [3.05, 3.63) is 58.3 Å². The topological polar surface area (TPSA) is 440 Å². The number of carboxylic acid groups (broad SMARTS) is 4. The highest BCUT2D eigenvalue weighted by atomic mass is 32.1. The van der Waals surface area contributed by atoms with Gasteiger partial charge in [-0.05, 0) is 85.8 Å². The van der Waals surface area contributed by atoms with Gasteiger partial charge in [0, 0.05) is 22.6 Å². The standard InChI is InChI=1S/C56H76N10O18S2/c1-25(2)43(53(79)61-33(15-21-41(69)70)49(75)65-45(27(5)6)55(81)82)63-47(73)29(9)59-39(67)23-57-51(77)37-19-17-35(85-37)31-11-13-32(14-12-31)36-18-20-38(86-36)52(78)58-24-40(68)60-30(10)48(74)64-44(26(3)4)54(80)62-34(16-22-42(71)72)50(76)66-46(28(7)8)56(83)84/h11-14,17-20,25-30,33-34,43-46H,15-16,21-24H2,1-10H3,(H,57,77)(H,58,78)(H,59,67)(H,60,68)(H,61,79)(H,62,80)(H,63,73)(H,64,74)(H,65,75)(H,66,76)(H,69,70)(H,71,72)(H,81,82)(H,83,84)/t29-,30-,33-,34-,43-,44-,45-,46-/m0/s1. The van der Waals surface area contributed by atoms with Crippen LogP contribution < -0.4 is 53.2 Å². The Labute approximate surface area is 503 Å². The van der Waals surface area contributed by atoms with E-state index in [9.17, 15) is 87.5 Å². The number of thiophene rings is 2. The van der Waals surface area contributed by atoms with E-state index >= 15 is 0 Å². The third-order valence-electron chi connectivity index (χ3n) is 13.0. The van der Waals surface area contributed by atoms with Crippen molar-refractivity contribution in [2.75, 3.05) is 13.1 Å². The summed E-state index contributed by atoms with van der Waals surface area (Å²) in [6.45, 7) is 14.2. The summed E-state index contributed by atoms with van der Waals surface area (Å²) in [5, 5.41) is 61.8. The first-order chi connectivity index (χ1) is 40.2. The van der Waals surface area contributed by atoms with Crippen molar-refractivity contribution < 1.29 is 87.5 Å². The Morgan fingerprint density at radius 1 is 0.372 bits per heavy atom. The van der Waals surface area contributed by atoms with E-state index in [2.05, 4.69) is 53.2 Å². The first-order valence-electron chi connectivity index (χ1n) is 27.4. The Hall–Kier alpha value is -8.80. The molecule has 1 aromatic carbocycles. The molecule has 0 aliphatic heterocycles. The van der Waals surface area contributed by atoms with E-state index in [4.69, 9.17) is 0 Å². The Morgan fingerprint density at radius 3 is 0.953 bits per heavy atom. The van der Waals surface area contributed by atoms with Crippen molar-refractivity contribution >= 4 is 106 Å². The molecule has 10 amide bonds. The molecule has 8 atom stereocenters. The molecule has 86 heavy (non-hydrogen) atoms. The molecule has 0 fully saturated rings. The number of rotatable bonds is 34. The SMILES string of the molecule is CC(C)[C@H](NC(=O)[C@H](CCC(=O)O)NC(=O)[C@@H](NC(=O)[C@H](C)NC(=O)CNC(=O)c1ccc(-c2ccc(-c3ccc(C(=O)NCC(=O)N[C@@H](C)C(=O)N[C@H](C(=O)N[C@@H](CCC(=O)O)C(=O)N[C@H](C(=O)O)C(C)C)C(C)C)s3)cc2)s1)C(C)C)C(=O)O. The molecule has 3 aromatic rings. The summed E-state index contributed by atoms with van der Waals surface area (Å²) in [6, 6.07) is 3.21. The lowest BCUT2D eigenvalue weighted by molar-refractivity contribution is -0.144. The van der Waals surface area contributed by atoms with Gasteiger partial charge in [-0.15, -0.1) is 22.7 Å². The summed E-state index contributed by atoms with van der Waals surface area (Å²) < 4.78 is 0. The number of carboxylic acids is 4. The summed E-state index contributed by atoms with van der Waals surface area (Å²) in [4.78, 5) is 179. The minimum Gasteiger partial charge on any atom is -0.481 e. The van der Waals surface area contributed by atoms with Gasteiger partial charge >= 0.3 is 23.9 Å². The van der Waals surface area contributed by atoms with Crippen LogP contribution in [0.25, 0.3) is 20.9 Å². The van der Waals surface area contributed by atoms with Crippen LogP contribution in [0.4, 0.5) is 0 Å². The molecule has 470 valence electrons. The number of amides is 10. The highest BCUT2D eigenvalue weighted by Crippen LogP contribution is 2.33. The first-order valence-corrected chi connectivity index (χ1v) is 29.0. The highest BCUT2D eigenvalue weighted by Gasteiger charge is 2.35. The number of hydrogen-bond donors (Lipinski definition) is 14. The minimum atomic E-state index is -1.46. The molecule has 28 nitrogen and oxygen atoms in total. The van der Waals surface area contributed by atoms with E-state index in [1.807, 2.05) is 0 Å². The van der Waals surface area contributed by atoms with E-state index < -0.39 is 181 Å². The third kappa shape index (κ3) is 22.7.